The third kappa shape index (κ3) is 3.36. The second kappa shape index (κ2) is 6.51. The van der Waals surface area contributed by atoms with Crippen LogP contribution in [0, 0.1) is 23.7 Å². The molecule has 0 spiro atoms. The molecule has 0 aliphatic heterocycles. The zero-order valence-corrected chi connectivity index (χ0v) is 12.7. The maximum absolute atomic E-state index is 5.84. The van der Waals surface area contributed by atoms with Gasteiger partial charge in [-0.2, -0.15) is 0 Å². The molecule has 0 N–H and O–H groups in total. The van der Waals surface area contributed by atoms with Crippen LogP contribution < -0.4 is 0 Å². The summed E-state index contributed by atoms with van der Waals surface area (Å²) < 4.78 is 5.84. The molecule has 0 bridgehead atoms. The SMILES string of the molecule is CO[C@@H](c1ccccn1)[C@@H]1C[C@H](C)CC[C@H]1C(C)C. The summed E-state index contributed by atoms with van der Waals surface area (Å²) in [6.45, 7) is 7.06. The van der Waals surface area contributed by atoms with Gasteiger partial charge in [0.15, 0.2) is 0 Å². The molecular formula is C17H27NO. The van der Waals surface area contributed by atoms with E-state index in [0.717, 1.165) is 23.4 Å². The lowest BCUT2D eigenvalue weighted by atomic mass is 9.67. The molecule has 1 saturated carbocycles. The van der Waals surface area contributed by atoms with Crippen molar-refractivity contribution < 1.29 is 4.74 Å². The van der Waals surface area contributed by atoms with Crippen molar-refractivity contribution in [3.63, 3.8) is 0 Å². The normalized spacial score (nSPS) is 29.4. The van der Waals surface area contributed by atoms with Crippen LogP contribution >= 0.6 is 0 Å². The molecule has 2 rings (SSSR count). The number of aromatic nitrogens is 1. The highest BCUT2D eigenvalue weighted by Crippen LogP contribution is 2.44. The Bertz CT molecular complexity index is 376. The Morgan fingerprint density at radius 1 is 1.21 bits per heavy atom. The van der Waals surface area contributed by atoms with Gasteiger partial charge in [-0.05, 0) is 48.6 Å². The number of hydrogen-bond acceptors (Lipinski definition) is 2. The molecule has 0 amide bonds. The molecule has 1 fully saturated rings. The Morgan fingerprint density at radius 2 is 2.00 bits per heavy atom. The number of hydrogen-bond donors (Lipinski definition) is 0. The van der Waals surface area contributed by atoms with E-state index in [9.17, 15) is 0 Å². The van der Waals surface area contributed by atoms with E-state index in [1.165, 1.54) is 19.3 Å². The van der Waals surface area contributed by atoms with E-state index in [1.54, 1.807) is 0 Å². The van der Waals surface area contributed by atoms with Crippen LogP contribution in [0.4, 0.5) is 0 Å². The average molecular weight is 261 g/mol. The highest BCUT2D eigenvalue weighted by Gasteiger charge is 2.37. The predicted octanol–water partition coefficient (Wildman–Crippen LogP) is 4.48. The first kappa shape index (κ1) is 14.5. The van der Waals surface area contributed by atoms with E-state index < -0.39 is 0 Å². The van der Waals surface area contributed by atoms with Crippen molar-refractivity contribution in [2.24, 2.45) is 23.7 Å². The fraction of sp³-hybridized carbons (Fsp3) is 0.706. The first-order chi connectivity index (χ1) is 9.13. The van der Waals surface area contributed by atoms with E-state index in [4.69, 9.17) is 4.74 Å². The molecule has 0 saturated heterocycles. The van der Waals surface area contributed by atoms with Gasteiger partial charge in [0.2, 0.25) is 0 Å². The largest absolute Gasteiger partial charge is 0.375 e. The molecule has 1 aliphatic rings. The molecule has 0 radical (unpaired) electrons. The summed E-state index contributed by atoms with van der Waals surface area (Å²) in [4.78, 5) is 4.52. The summed E-state index contributed by atoms with van der Waals surface area (Å²) in [6.07, 6.45) is 5.97. The molecule has 1 aromatic heterocycles. The lowest BCUT2D eigenvalue weighted by Crippen LogP contribution is -2.33. The summed E-state index contributed by atoms with van der Waals surface area (Å²) in [5, 5.41) is 0. The van der Waals surface area contributed by atoms with Gasteiger partial charge in [0.25, 0.3) is 0 Å². The maximum Gasteiger partial charge on any atom is 0.102 e. The number of methoxy groups -OCH3 is 1. The van der Waals surface area contributed by atoms with Crippen LogP contribution in [0.15, 0.2) is 24.4 Å². The van der Waals surface area contributed by atoms with E-state index >= 15 is 0 Å². The van der Waals surface area contributed by atoms with E-state index in [2.05, 4.69) is 37.9 Å². The van der Waals surface area contributed by atoms with E-state index in [0.29, 0.717) is 5.92 Å². The fourth-order valence-electron chi connectivity index (χ4n) is 3.68. The van der Waals surface area contributed by atoms with E-state index in [1.807, 2.05) is 19.4 Å². The van der Waals surface area contributed by atoms with Crippen LogP contribution in [-0.4, -0.2) is 12.1 Å². The van der Waals surface area contributed by atoms with Gasteiger partial charge in [-0.1, -0.05) is 33.3 Å². The van der Waals surface area contributed by atoms with Crippen molar-refractivity contribution in [1.82, 2.24) is 4.98 Å². The van der Waals surface area contributed by atoms with Gasteiger partial charge in [0.05, 0.1) is 5.69 Å². The summed E-state index contributed by atoms with van der Waals surface area (Å²) in [5.41, 5.74) is 1.09. The Hall–Kier alpha value is -0.890. The van der Waals surface area contributed by atoms with Crippen molar-refractivity contribution in [3.8, 4) is 0 Å². The molecule has 19 heavy (non-hydrogen) atoms. The average Bonchev–Trinajstić information content (AvgIpc) is 2.40. The number of rotatable bonds is 4. The number of pyridine rings is 1. The molecule has 1 aliphatic carbocycles. The van der Waals surface area contributed by atoms with Gasteiger partial charge in [0, 0.05) is 13.3 Å². The summed E-state index contributed by atoms with van der Waals surface area (Å²) in [5.74, 6) is 2.88. The third-order valence-electron chi connectivity index (χ3n) is 4.70. The zero-order chi connectivity index (χ0) is 13.8. The van der Waals surface area contributed by atoms with Crippen LogP contribution in [0.2, 0.25) is 0 Å². The Kier molecular flexibility index (Phi) is 4.98. The smallest absolute Gasteiger partial charge is 0.102 e. The van der Waals surface area contributed by atoms with Gasteiger partial charge < -0.3 is 4.74 Å². The summed E-state index contributed by atoms with van der Waals surface area (Å²) in [7, 11) is 1.83. The van der Waals surface area contributed by atoms with Crippen LogP contribution in [0.3, 0.4) is 0 Å². The Morgan fingerprint density at radius 3 is 2.58 bits per heavy atom. The van der Waals surface area contributed by atoms with Gasteiger partial charge in [-0.3, -0.25) is 4.98 Å². The topological polar surface area (TPSA) is 22.1 Å². The summed E-state index contributed by atoms with van der Waals surface area (Å²) in [6, 6.07) is 6.13. The molecule has 0 unspecified atom stereocenters. The molecule has 0 aromatic carbocycles. The first-order valence-corrected chi connectivity index (χ1v) is 7.57. The minimum atomic E-state index is 0.149. The molecule has 1 aromatic rings. The highest BCUT2D eigenvalue weighted by molar-refractivity contribution is 5.09. The Balaban J connectivity index is 2.23. The van der Waals surface area contributed by atoms with Crippen LogP contribution in [0.5, 0.6) is 0 Å². The molecule has 1 heterocycles. The van der Waals surface area contributed by atoms with Gasteiger partial charge in [-0.25, -0.2) is 0 Å². The quantitative estimate of drug-likeness (QED) is 0.797. The van der Waals surface area contributed by atoms with Crippen molar-refractivity contribution in [2.45, 2.75) is 46.1 Å². The predicted molar refractivity (Wildman–Crippen MR) is 78.8 cm³/mol. The summed E-state index contributed by atoms with van der Waals surface area (Å²) >= 11 is 0. The number of nitrogens with zero attached hydrogens (tertiary/aromatic N) is 1. The molecule has 106 valence electrons. The minimum Gasteiger partial charge on any atom is -0.375 e. The standard InChI is InChI=1S/C17H27NO/c1-12(2)14-9-8-13(3)11-15(14)17(19-4)16-7-5-6-10-18-16/h5-7,10,12-15,17H,8-9,11H2,1-4H3/t13-,14+,15-,17-/m1/s1. The van der Waals surface area contributed by atoms with Gasteiger partial charge in [0.1, 0.15) is 6.10 Å². The van der Waals surface area contributed by atoms with Crippen molar-refractivity contribution in [2.75, 3.05) is 7.11 Å². The maximum atomic E-state index is 5.84. The lowest BCUT2D eigenvalue weighted by molar-refractivity contribution is -0.0178. The zero-order valence-electron chi connectivity index (χ0n) is 12.7. The van der Waals surface area contributed by atoms with Crippen molar-refractivity contribution in [1.29, 1.82) is 0 Å². The van der Waals surface area contributed by atoms with Gasteiger partial charge in [-0.15, -0.1) is 0 Å². The monoisotopic (exact) mass is 261 g/mol. The second-order valence-corrected chi connectivity index (χ2v) is 6.40. The third-order valence-corrected chi connectivity index (χ3v) is 4.70. The van der Waals surface area contributed by atoms with Crippen molar-refractivity contribution in [3.05, 3.63) is 30.1 Å². The first-order valence-electron chi connectivity index (χ1n) is 7.57. The van der Waals surface area contributed by atoms with Crippen molar-refractivity contribution >= 4 is 0 Å². The highest BCUT2D eigenvalue weighted by atomic mass is 16.5. The van der Waals surface area contributed by atoms with E-state index in [-0.39, 0.29) is 6.10 Å². The fourth-order valence-corrected chi connectivity index (χ4v) is 3.68. The van der Waals surface area contributed by atoms with Crippen LogP contribution in [0.25, 0.3) is 0 Å². The second-order valence-electron chi connectivity index (χ2n) is 6.40. The molecule has 2 nitrogen and oxygen atoms in total. The van der Waals surface area contributed by atoms with Crippen LogP contribution in [-0.2, 0) is 4.74 Å². The molecule has 4 atom stereocenters. The Labute approximate surface area is 117 Å². The van der Waals surface area contributed by atoms with Gasteiger partial charge >= 0.3 is 0 Å². The van der Waals surface area contributed by atoms with Crippen LogP contribution in [0.1, 0.15) is 51.8 Å². The lowest BCUT2D eigenvalue weighted by Gasteiger charge is -2.41. The number of ether oxygens (including phenoxy) is 1. The molecule has 2 heteroatoms. The minimum absolute atomic E-state index is 0.149. The molecular weight excluding hydrogens is 234 g/mol.